The number of aryl methyl sites for hydroxylation is 1. The smallest absolute Gasteiger partial charge is 0.264 e. The van der Waals surface area contributed by atoms with E-state index < -0.39 is 0 Å². The average molecular weight is 290 g/mol. The van der Waals surface area contributed by atoms with Crippen LogP contribution in [0.2, 0.25) is 0 Å². The van der Waals surface area contributed by atoms with E-state index in [0.717, 1.165) is 35.3 Å². The quantitative estimate of drug-likeness (QED) is 0.762. The van der Waals surface area contributed by atoms with E-state index in [2.05, 4.69) is 15.9 Å². The summed E-state index contributed by atoms with van der Waals surface area (Å²) < 4.78 is 0. The minimum absolute atomic E-state index is 0.172. The number of hydrogen-bond donors (Lipinski definition) is 0. The molecule has 0 aromatic carbocycles. The molecular weight excluding hydrogens is 274 g/mol. The lowest BCUT2D eigenvalue weighted by molar-refractivity contribution is 0.0769. The minimum atomic E-state index is 0.172. The number of thiophene rings is 1. The normalized spacial score (nSPS) is 10.3. The zero-order valence-corrected chi connectivity index (χ0v) is 11.5. The number of carbonyl (C=O) groups excluding carboxylic acids is 1. The van der Waals surface area contributed by atoms with Crippen molar-refractivity contribution in [2.75, 3.05) is 18.4 Å². The van der Waals surface area contributed by atoms with Crippen LogP contribution >= 0.6 is 27.3 Å². The topological polar surface area (TPSA) is 20.3 Å². The summed E-state index contributed by atoms with van der Waals surface area (Å²) in [6.45, 7) is 5.62. The third kappa shape index (κ3) is 3.31. The van der Waals surface area contributed by atoms with Crippen LogP contribution < -0.4 is 0 Å². The molecule has 4 heteroatoms. The first-order valence-corrected chi connectivity index (χ1v) is 7.10. The number of amides is 1. The summed E-state index contributed by atoms with van der Waals surface area (Å²) in [6.07, 6.45) is 1.00. The molecule has 15 heavy (non-hydrogen) atoms. The van der Waals surface area contributed by atoms with Crippen molar-refractivity contribution in [2.24, 2.45) is 0 Å². The van der Waals surface area contributed by atoms with E-state index in [1.807, 2.05) is 30.2 Å². The molecule has 0 saturated heterocycles. The first-order valence-electron chi connectivity index (χ1n) is 5.10. The maximum absolute atomic E-state index is 12.1. The number of alkyl halides is 1. The van der Waals surface area contributed by atoms with Crippen LogP contribution in [0.5, 0.6) is 0 Å². The molecule has 0 aliphatic heterocycles. The fraction of sp³-hybridized carbons (Fsp3) is 0.545. The molecular formula is C11H16BrNOS. The van der Waals surface area contributed by atoms with Gasteiger partial charge in [0.15, 0.2) is 0 Å². The van der Waals surface area contributed by atoms with Crippen molar-refractivity contribution < 1.29 is 4.79 Å². The Morgan fingerprint density at radius 3 is 2.80 bits per heavy atom. The highest BCUT2D eigenvalue weighted by Gasteiger charge is 2.16. The standard InChI is InChI=1S/C11H16BrNOS/c1-3-13(7-4-6-12)11(14)10-9(2)5-8-15-10/h5,8H,3-4,6-7H2,1-2H3. The summed E-state index contributed by atoms with van der Waals surface area (Å²) in [7, 11) is 0. The van der Waals surface area contributed by atoms with E-state index in [0.29, 0.717) is 0 Å². The zero-order chi connectivity index (χ0) is 11.3. The van der Waals surface area contributed by atoms with Gasteiger partial charge in [-0.1, -0.05) is 15.9 Å². The van der Waals surface area contributed by atoms with Crippen LogP contribution in [0, 0.1) is 6.92 Å². The second kappa shape index (κ2) is 6.28. The molecule has 0 unspecified atom stereocenters. The van der Waals surface area contributed by atoms with Gasteiger partial charge in [0.2, 0.25) is 0 Å². The molecule has 1 amide bonds. The van der Waals surface area contributed by atoms with Crippen molar-refractivity contribution >= 4 is 33.2 Å². The number of nitrogens with zero attached hydrogens (tertiary/aromatic N) is 1. The van der Waals surface area contributed by atoms with E-state index in [9.17, 15) is 4.79 Å². The molecule has 1 heterocycles. The van der Waals surface area contributed by atoms with Crippen molar-refractivity contribution in [1.29, 1.82) is 0 Å². The predicted molar refractivity (Wildman–Crippen MR) is 69.0 cm³/mol. The monoisotopic (exact) mass is 289 g/mol. The van der Waals surface area contributed by atoms with Gasteiger partial charge in [0.25, 0.3) is 5.91 Å². The molecule has 0 aliphatic rings. The van der Waals surface area contributed by atoms with E-state index in [4.69, 9.17) is 0 Å². The van der Waals surface area contributed by atoms with Crippen LogP contribution in [0.15, 0.2) is 11.4 Å². The maximum atomic E-state index is 12.1. The summed E-state index contributed by atoms with van der Waals surface area (Å²) in [6, 6.07) is 2.00. The molecule has 0 radical (unpaired) electrons. The fourth-order valence-electron chi connectivity index (χ4n) is 1.39. The van der Waals surface area contributed by atoms with Gasteiger partial charge < -0.3 is 4.90 Å². The second-order valence-electron chi connectivity index (χ2n) is 3.36. The number of carbonyl (C=O) groups is 1. The van der Waals surface area contributed by atoms with Gasteiger partial charge in [0.05, 0.1) is 4.88 Å². The number of hydrogen-bond acceptors (Lipinski definition) is 2. The average Bonchev–Trinajstić information content (AvgIpc) is 2.65. The SMILES string of the molecule is CCN(CCCBr)C(=O)c1sccc1C. The highest BCUT2D eigenvalue weighted by atomic mass is 79.9. The lowest BCUT2D eigenvalue weighted by Crippen LogP contribution is -2.31. The third-order valence-corrected chi connectivity index (χ3v) is 3.85. The Balaban J connectivity index is 2.69. The van der Waals surface area contributed by atoms with Crippen molar-refractivity contribution in [3.63, 3.8) is 0 Å². The molecule has 84 valence electrons. The molecule has 1 aromatic rings. The Hall–Kier alpha value is -0.350. The summed E-state index contributed by atoms with van der Waals surface area (Å²) >= 11 is 4.92. The van der Waals surface area contributed by atoms with E-state index in [1.54, 1.807) is 0 Å². The molecule has 0 fully saturated rings. The van der Waals surface area contributed by atoms with Crippen molar-refractivity contribution in [3.05, 3.63) is 21.9 Å². The Labute approximate surface area is 103 Å². The van der Waals surface area contributed by atoms with Gasteiger partial charge in [0.1, 0.15) is 0 Å². The zero-order valence-electron chi connectivity index (χ0n) is 9.12. The highest BCUT2D eigenvalue weighted by Crippen LogP contribution is 2.18. The molecule has 0 aliphatic carbocycles. The van der Waals surface area contributed by atoms with Gasteiger partial charge in [-0.25, -0.2) is 0 Å². The molecule has 1 rings (SSSR count). The lowest BCUT2D eigenvalue weighted by Gasteiger charge is -2.19. The van der Waals surface area contributed by atoms with Gasteiger partial charge in [-0.05, 0) is 37.3 Å². The lowest BCUT2D eigenvalue weighted by atomic mass is 10.2. The van der Waals surface area contributed by atoms with Crippen molar-refractivity contribution in [1.82, 2.24) is 4.90 Å². The van der Waals surface area contributed by atoms with Crippen molar-refractivity contribution in [2.45, 2.75) is 20.3 Å². The minimum Gasteiger partial charge on any atom is -0.338 e. The molecule has 0 spiro atoms. The first kappa shape index (κ1) is 12.7. The first-order chi connectivity index (χ1) is 7.20. The van der Waals surface area contributed by atoms with Crippen molar-refractivity contribution in [3.8, 4) is 0 Å². The molecule has 0 bridgehead atoms. The Kier molecular flexibility index (Phi) is 5.32. The van der Waals surface area contributed by atoms with Crippen LogP contribution in [0.1, 0.15) is 28.6 Å². The van der Waals surface area contributed by atoms with Gasteiger partial charge >= 0.3 is 0 Å². The largest absolute Gasteiger partial charge is 0.338 e. The Morgan fingerprint density at radius 1 is 1.60 bits per heavy atom. The van der Waals surface area contributed by atoms with Crippen LogP contribution in [0.25, 0.3) is 0 Å². The summed E-state index contributed by atoms with van der Waals surface area (Å²) in [4.78, 5) is 14.9. The highest BCUT2D eigenvalue weighted by molar-refractivity contribution is 9.09. The second-order valence-corrected chi connectivity index (χ2v) is 5.07. The maximum Gasteiger partial charge on any atom is 0.264 e. The van der Waals surface area contributed by atoms with Crippen LogP contribution in [0.4, 0.5) is 0 Å². The number of halogens is 1. The van der Waals surface area contributed by atoms with E-state index in [-0.39, 0.29) is 5.91 Å². The number of rotatable bonds is 5. The van der Waals surface area contributed by atoms with Crippen LogP contribution in [-0.2, 0) is 0 Å². The van der Waals surface area contributed by atoms with E-state index >= 15 is 0 Å². The van der Waals surface area contributed by atoms with Gasteiger partial charge in [-0.2, -0.15) is 0 Å². The molecule has 1 aromatic heterocycles. The third-order valence-electron chi connectivity index (χ3n) is 2.29. The van der Waals surface area contributed by atoms with E-state index in [1.165, 1.54) is 11.3 Å². The Bertz CT molecular complexity index is 324. The molecule has 0 atom stereocenters. The van der Waals surface area contributed by atoms with Gasteiger partial charge in [-0.15, -0.1) is 11.3 Å². The molecule has 0 saturated carbocycles. The molecule has 0 N–H and O–H groups in total. The van der Waals surface area contributed by atoms with Gasteiger partial charge in [0, 0.05) is 18.4 Å². The summed E-state index contributed by atoms with van der Waals surface area (Å²) in [5.41, 5.74) is 1.09. The van der Waals surface area contributed by atoms with Crippen LogP contribution in [0.3, 0.4) is 0 Å². The Morgan fingerprint density at radius 2 is 2.33 bits per heavy atom. The fourth-order valence-corrected chi connectivity index (χ4v) is 2.53. The van der Waals surface area contributed by atoms with Gasteiger partial charge in [-0.3, -0.25) is 4.79 Å². The predicted octanol–water partition coefficient (Wildman–Crippen LogP) is 3.30. The molecule has 2 nitrogen and oxygen atoms in total. The van der Waals surface area contributed by atoms with Crippen LogP contribution in [-0.4, -0.2) is 29.2 Å². The summed E-state index contributed by atoms with van der Waals surface area (Å²) in [5.74, 6) is 0.172. The summed E-state index contributed by atoms with van der Waals surface area (Å²) in [5, 5.41) is 2.92.